The van der Waals surface area contributed by atoms with E-state index < -0.39 is 6.04 Å². The van der Waals surface area contributed by atoms with Gasteiger partial charge in [-0.25, -0.2) is 0 Å². The minimum Gasteiger partial charge on any atom is -0.378 e. The van der Waals surface area contributed by atoms with Crippen molar-refractivity contribution < 1.29 is 14.3 Å². The minimum atomic E-state index is -0.452. The molecule has 26 heavy (non-hydrogen) atoms. The molecular formula is C20H29ClN2O3. The zero-order valence-electron chi connectivity index (χ0n) is 15.7. The Morgan fingerprint density at radius 2 is 2.00 bits per heavy atom. The molecule has 1 aliphatic rings. The Bertz CT molecular complexity index is 600. The summed E-state index contributed by atoms with van der Waals surface area (Å²) in [5.74, 6) is 0.265. The number of carbonyl (C=O) groups is 2. The molecule has 1 aromatic rings. The lowest BCUT2D eigenvalue weighted by molar-refractivity contribution is -0.140. The minimum absolute atomic E-state index is 0.00481. The number of halogens is 1. The van der Waals surface area contributed by atoms with Gasteiger partial charge in [0.25, 0.3) is 0 Å². The highest BCUT2D eigenvalue weighted by Gasteiger charge is 2.27. The average Bonchev–Trinajstić information content (AvgIpc) is 2.61. The number of hydrogen-bond donors (Lipinski definition) is 1. The second-order valence-corrected chi connectivity index (χ2v) is 7.61. The molecule has 5 nitrogen and oxygen atoms in total. The topological polar surface area (TPSA) is 58.6 Å². The van der Waals surface area contributed by atoms with E-state index in [2.05, 4.69) is 19.2 Å². The summed E-state index contributed by atoms with van der Waals surface area (Å²) in [4.78, 5) is 26.9. The highest BCUT2D eigenvalue weighted by Crippen LogP contribution is 2.14. The normalized spacial score (nSPS) is 15.8. The third kappa shape index (κ3) is 6.96. The lowest BCUT2D eigenvalue weighted by atomic mass is 10.0. The van der Waals surface area contributed by atoms with Gasteiger partial charge in [-0.05, 0) is 42.9 Å². The summed E-state index contributed by atoms with van der Waals surface area (Å²) in [5, 5.41) is 3.65. The van der Waals surface area contributed by atoms with Gasteiger partial charge in [-0.2, -0.15) is 0 Å². The third-order valence-corrected chi connectivity index (χ3v) is 4.66. The number of nitrogens with zero attached hydrogens (tertiary/aromatic N) is 1. The van der Waals surface area contributed by atoms with Crippen LogP contribution in [0.3, 0.4) is 0 Å². The zero-order valence-corrected chi connectivity index (χ0v) is 16.4. The van der Waals surface area contributed by atoms with Gasteiger partial charge in [-0.3, -0.25) is 9.59 Å². The maximum absolute atomic E-state index is 12.7. The monoisotopic (exact) mass is 380 g/mol. The van der Waals surface area contributed by atoms with Crippen LogP contribution in [-0.4, -0.2) is 49.1 Å². The van der Waals surface area contributed by atoms with Crippen LogP contribution in [0.5, 0.6) is 0 Å². The number of amides is 2. The van der Waals surface area contributed by atoms with Crippen LogP contribution >= 0.6 is 11.6 Å². The lowest BCUT2D eigenvalue weighted by Crippen LogP contribution is -2.52. The zero-order chi connectivity index (χ0) is 18.9. The van der Waals surface area contributed by atoms with Crippen LogP contribution in [0.15, 0.2) is 24.3 Å². The summed E-state index contributed by atoms with van der Waals surface area (Å²) in [6.07, 6.45) is 2.57. The fraction of sp³-hybridized carbons (Fsp3) is 0.600. The molecule has 1 N–H and O–H groups in total. The van der Waals surface area contributed by atoms with Gasteiger partial charge >= 0.3 is 0 Å². The number of nitrogens with one attached hydrogen (secondary N) is 1. The summed E-state index contributed by atoms with van der Waals surface area (Å²) in [5.41, 5.74) is 1.12. The highest BCUT2D eigenvalue weighted by molar-refractivity contribution is 6.30. The van der Waals surface area contributed by atoms with E-state index in [0.717, 1.165) is 18.4 Å². The van der Waals surface area contributed by atoms with Crippen molar-refractivity contribution in [3.63, 3.8) is 0 Å². The number of ether oxygens (including phenoxy) is 1. The van der Waals surface area contributed by atoms with Gasteiger partial charge in [-0.15, -0.1) is 0 Å². The van der Waals surface area contributed by atoms with E-state index in [9.17, 15) is 9.59 Å². The molecule has 2 rings (SSSR count). The molecule has 144 valence electrons. The summed E-state index contributed by atoms with van der Waals surface area (Å²) >= 11 is 5.98. The molecule has 0 spiro atoms. The average molecular weight is 381 g/mol. The fourth-order valence-corrected chi connectivity index (χ4v) is 3.32. The molecule has 1 aliphatic heterocycles. The van der Waals surface area contributed by atoms with E-state index in [1.165, 1.54) is 0 Å². The van der Waals surface area contributed by atoms with E-state index in [0.29, 0.717) is 50.1 Å². The largest absolute Gasteiger partial charge is 0.378 e. The van der Waals surface area contributed by atoms with Crippen molar-refractivity contribution in [2.45, 2.75) is 45.6 Å². The first-order valence-corrected chi connectivity index (χ1v) is 9.74. The number of rotatable bonds is 8. The van der Waals surface area contributed by atoms with Crippen LogP contribution in [-0.2, 0) is 20.7 Å². The van der Waals surface area contributed by atoms with Gasteiger partial charge in [0.15, 0.2) is 0 Å². The standard InChI is InChI=1S/C20H29ClN2O3/c1-15(2)13-18(20(25)23-9-11-26-12-10-23)22-19(24)8-4-6-16-5-3-7-17(21)14-16/h3,5,7,14-15,18H,4,6,8-13H2,1-2H3,(H,22,24). The quantitative estimate of drug-likeness (QED) is 0.754. The van der Waals surface area contributed by atoms with E-state index in [1.807, 2.05) is 24.3 Å². The van der Waals surface area contributed by atoms with E-state index in [4.69, 9.17) is 16.3 Å². The van der Waals surface area contributed by atoms with Crippen LogP contribution in [0.4, 0.5) is 0 Å². The predicted octanol–water partition coefficient (Wildman–Crippen LogP) is 3.05. The molecule has 0 radical (unpaired) electrons. The highest BCUT2D eigenvalue weighted by atomic mass is 35.5. The van der Waals surface area contributed by atoms with Crippen molar-refractivity contribution in [3.05, 3.63) is 34.9 Å². The fourth-order valence-electron chi connectivity index (χ4n) is 3.11. The Kier molecular flexibility index (Phi) is 8.39. The molecule has 1 aromatic carbocycles. The molecule has 0 aromatic heterocycles. The summed E-state index contributed by atoms with van der Waals surface area (Å²) in [6, 6.07) is 7.23. The van der Waals surface area contributed by atoms with E-state index in [1.54, 1.807) is 4.90 Å². The number of aryl methyl sites for hydroxylation is 1. The first-order valence-electron chi connectivity index (χ1n) is 9.36. The van der Waals surface area contributed by atoms with Gasteiger partial charge in [0.1, 0.15) is 6.04 Å². The van der Waals surface area contributed by atoms with Crippen molar-refractivity contribution in [3.8, 4) is 0 Å². The van der Waals surface area contributed by atoms with Crippen LogP contribution in [0.1, 0.15) is 38.7 Å². The summed E-state index contributed by atoms with van der Waals surface area (Å²) in [7, 11) is 0. The van der Waals surface area contributed by atoms with Gasteiger partial charge in [0.2, 0.25) is 11.8 Å². The van der Waals surface area contributed by atoms with Gasteiger partial charge in [0.05, 0.1) is 13.2 Å². The molecular weight excluding hydrogens is 352 g/mol. The Hall–Kier alpha value is -1.59. The number of carbonyl (C=O) groups excluding carboxylic acids is 2. The Morgan fingerprint density at radius 1 is 1.27 bits per heavy atom. The number of hydrogen-bond acceptors (Lipinski definition) is 3. The summed E-state index contributed by atoms with van der Waals surface area (Å²) < 4.78 is 5.30. The van der Waals surface area contributed by atoms with Crippen LogP contribution in [0, 0.1) is 5.92 Å². The van der Waals surface area contributed by atoms with Crippen molar-refractivity contribution in [2.75, 3.05) is 26.3 Å². The summed E-state index contributed by atoms with van der Waals surface area (Å²) in [6.45, 7) is 6.44. The molecule has 0 aliphatic carbocycles. The first kappa shape index (κ1) is 20.7. The number of benzene rings is 1. The van der Waals surface area contributed by atoms with Gasteiger partial charge < -0.3 is 15.0 Å². The molecule has 1 saturated heterocycles. The van der Waals surface area contributed by atoms with Crippen LogP contribution in [0.2, 0.25) is 5.02 Å². The maximum atomic E-state index is 12.7. The second-order valence-electron chi connectivity index (χ2n) is 7.17. The van der Waals surface area contributed by atoms with Crippen LogP contribution < -0.4 is 5.32 Å². The number of morpholine rings is 1. The maximum Gasteiger partial charge on any atom is 0.245 e. The predicted molar refractivity (Wildman–Crippen MR) is 103 cm³/mol. The van der Waals surface area contributed by atoms with Gasteiger partial charge in [-0.1, -0.05) is 37.6 Å². The van der Waals surface area contributed by atoms with Crippen LogP contribution in [0.25, 0.3) is 0 Å². The molecule has 1 atom stereocenters. The van der Waals surface area contributed by atoms with E-state index >= 15 is 0 Å². The van der Waals surface area contributed by atoms with Crippen molar-refractivity contribution in [1.82, 2.24) is 10.2 Å². The second kappa shape index (κ2) is 10.5. The SMILES string of the molecule is CC(C)CC(NC(=O)CCCc1cccc(Cl)c1)C(=O)N1CCOCC1. The Balaban J connectivity index is 1.83. The van der Waals surface area contributed by atoms with Crippen molar-refractivity contribution in [2.24, 2.45) is 5.92 Å². The molecule has 2 amide bonds. The molecule has 0 saturated carbocycles. The molecule has 6 heteroatoms. The Labute approximate surface area is 161 Å². The third-order valence-electron chi connectivity index (χ3n) is 4.42. The van der Waals surface area contributed by atoms with Crippen molar-refractivity contribution >= 4 is 23.4 Å². The molecule has 1 fully saturated rings. The lowest BCUT2D eigenvalue weighted by Gasteiger charge is -2.31. The van der Waals surface area contributed by atoms with Gasteiger partial charge in [0, 0.05) is 24.5 Å². The smallest absolute Gasteiger partial charge is 0.245 e. The van der Waals surface area contributed by atoms with E-state index in [-0.39, 0.29) is 11.8 Å². The molecule has 1 heterocycles. The Morgan fingerprint density at radius 3 is 2.65 bits per heavy atom. The molecule has 1 unspecified atom stereocenters. The molecule has 0 bridgehead atoms. The van der Waals surface area contributed by atoms with Crippen molar-refractivity contribution in [1.29, 1.82) is 0 Å². The first-order chi connectivity index (χ1) is 12.5.